The van der Waals surface area contributed by atoms with Crippen LogP contribution in [0, 0.1) is 0 Å². The summed E-state index contributed by atoms with van der Waals surface area (Å²) in [6.07, 6.45) is 5.79. The van der Waals surface area contributed by atoms with E-state index in [4.69, 9.17) is 9.25 Å². The number of aromatic hydroxyl groups is 2. The van der Waals surface area contributed by atoms with Crippen molar-refractivity contribution >= 4 is 28.5 Å². The van der Waals surface area contributed by atoms with Crippen molar-refractivity contribution < 1.29 is 29.1 Å². The molecule has 0 saturated heterocycles. The second-order valence-electron chi connectivity index (χ2n) is 9.30. The highest BCUT2D eigenvalue weighted by Crippen LogP contribution is 2.39. The fraction of sp³-hybridized carbons (Fsp3) is 0.423. The molecule has 0 radical (unpaired) electrons. The van der Waals surface area contributed by atoms with Crippen molar-refractivity contribution in [2.75, 3.05) is 24.5 Å². The molecule has 2 aliphatic rings. The van der Waals surface area contributed by atoms with Gasteiger partial charge in [0.25, 0.3) is 5.91 Å². The van der Waals surface area contributed by atoms with Crippen LogP contribution in [0.5, 0.6) is 11.8 Å². The summed E-state index contributed by atoms with van der Waals surface area (Å²) in [7, 11) is 0. The fourth-order valence-corrected chi connectivity index (χ4v) is 5.12. The molecule has 3 N–H and O–H groups in total. The first-order chi connectivity index (χ1) is 17.4. The van der Waals surface area contributed by atoms with Crippen LogP contribution >= 0.6 is 0 Å². The number of hydrogen-bond acceptors (Lipinski definition) is 8. The van der Waals surface area contributed by atoms with E-state index in [0.717, 1.165) is 49.7 Å². The third-order valence-corrected chi connectivity index (χ3v) is 6.79. The van der Waals surface area contributed by atoms with Crippen LogP contribution in [0.1, 0.15) is 60.0 Å². The monoisotopic (exact) mass is 495 g/mol. The molecule has 10 nitrogen and oxygen atoms in total. The molecule has 0 spiro atoms. The van der Waals surface area contributed by atoms with E-state index in [0.29, 0.717) is 36.1 Å². The zero-order valence-corrected chi connectivity index (χ0v) is 19.9. The molecule has 2 aromatic heterocycles. The predicted octanol–water partition coefficient (Wildman–Crippen LogP) is 2.65. The average Bonchev–Trinajstić information content (AvgIpc) is 3.18. The van der Waals surface area contributed by atoms with Crippen LogP contribution in [0.3, 0.4) is 0 Å². The quantitative estimate of drug-likeness (QED) is 0.321. The molecular weight excluding hydrogens is 466 g/mol. The largest absolute Gasteiger partial charge is 0.492 e. The fourth-order valence-electron chi connectivity index (χ4n) is 5.12. The Morgan fingerprint density at radius 1 is 1.03 bits per heavy atom. The van der Waals surface area contributed by atoms with Crippen molar-refractivity contribution in [1.29, 1.82) is 0 Å². The van der Waals surface area contributed by atoms with Gasteiger partial charge in [0.2, 0.25) is 11.8 Å². The van der Waals surface area contributed by atoms with E-state index in [1.54, 1.807) is 6.07 Å². The van der Waals surface area contributed by atoms with E-state index in [1.807, 2.05) is 0 Å². The molecule has 4 heterocycles. The van der Waals surface area contributed by atoms with E-state index < -0.39 is 17.5 Å². The third-order valence-electron chi connectivity index (χ3n) is 6.79. The van der Waals surface area contributed by atoms with Gasteiger partial charge >= 0.3 is 11.6 Å². The highest BCUT2D eigenvalue weighted by molar-refractivity contribution is 5.98. The number of amides is 1. The first-order valence-electron chi connectivity index (χ1n) is 12.4. The molecule has 2 aliphatic heterocycles. The molecule has 5 rings (SSSR count). The minimum atomic E-state index is -0.636. The van der Waals surface area contributed by atoms with Gasteiger partial charge in [0.1, 0.15) is 11.1 Å². The summed E-state index contributed by atoms with van der Waals surface area (Å²) in [4.78, 5) is 44.5. The Hall–Kier alpha value is -3.95. The number of aromatic nitrogens is 1. The first-order valence-corrected chi connectivity index (χ1v) is 12.4. The number of carbonyl (C=O) groups is 2. The van der Waals surface area contributed by atoms with Crippen LogP contribution in [0.25, 0.3) is 11.0 Å². The number of nitrogens with zero attached hydrogens (tertiary/aromatic N) is 2. The van der Waals surface area contributed by atoms with Gasteiger partial charge in [0.05, 0.1) is 0 Å². The number of nitrogens with one attached hydrogen (secondary N) is 1. The van der Waals surface area contributed by atoms with Crippen molar-refractivity contribution in [3.8, 4) is 11.8 Å². The Labute approximate surface area is 207 Å². The van der Waals surface area contributed by atoms with Gasteiger partial charge in [-0.25, -0.2) is 9.59 Å². The summed E-state index contributed by atoms with van der Waals surface area (Å²) in [6.45, 7) is 2.39. The number of benzene rings is 1. The zero-order chi connectivity index (χ0) is 25.2. The summed E-state index contributed by atoms with van der Waals surface area (Å²) >= 11 is 0. The molecule has 3 aromatic rings. The van der Waals surface area contributed by atoms with E-state index in [2.05, 4.69) is 16.3 Å². The average molecular weight is 496 g/mol. The van der Waals surface area contributed by atoms with Crippen molar-refractivity contribution in [2.45, 2.75) is 51.4 Å². The lowest BCUT2D eigenvalue weighted by atomic mass is 9.90. The lowest BCUT2D eigenvalue weighted by Gasteiger charge is -2.37. The van der Waals surface area contributed by atoms with Gasteiger partial charge in [-0.3, -0.25) is 4.79 Å². The molecule has 0 unspecified atom stereocenters. The number of fused-ring (bicyclic) bond motifs is 2. The van der Waals surface area contributed by atoms with Gasteiger partial charge in [0.15, 0.2) is 0 Å². The molecule has 0 fully saturated rings. The Kier molecular flexibility index (Phi) is 6.58. The molecule has 1 aromatic carbocycles. The molecule has 1 amide bonds. The van der Waals surface area contributed by atoms with Crippen molar-refractivity contribution in [2.24, 2.45) is 0 Å². The molecule has 10 heteroatoms. The van der Waals surface area contributed by atoms with Crippen LogP contribution in [0.15, 0.2) is 33.5 Å². The lowest BCUT2D eigenvalue weighted by Crippen LogP contribution is -2.34. The van der Waals surface area contributed by atoms with Gasteiger partial charge in [-0.2, -0.15) is 0 Å². The van der Waals surface area contributed by atoms with Crippen molar-refractivity contribution in [3.63, 3.8) is 0 Å². The molecule has 190 valence electrons. The lowest BCUT2D eigenvalue weighted by molar-refractivity contribution is -0.145. The Morgan fingerprint density at radius 3 is 2.56 bits per heavy atom. The highest BCUT2D eigenvalue weighted by atomic mass is 16.7. The molecule has 0 bridgehead atoms. The van der Waals surface area contributed by atoms with E-state index in [1.165, 1.54) is 23.4 Å². The number of hydrogen-bond donors (Lipinski definition) is 3. The topological polar surface area (TPSA) is 134 Å². The molecule has 0 saturated carbocycles. The van der Waals surface area contributed by atoms with Gasteiger partial charge in [-0.1, -0.05) is 6.42 Å². The van der Waals surface area contributed by atoms with Crippen molar-refractivity contribution in [3.05, 3.63) is 51.4 Å². The van der Waals surface area contributed by atoms with Gasteiger partial charge in [-0.05, 0) is 56.2 Å². The van der Waals surface area contributed by atoms with E-state index >= 15 is 0 Å². The third kappa shape index (κ3) is 4.62. The van der Waals surface area contributed by atoms with E-state index in [-0.39, 0.29) is 23.7 Å². The Balaban J connectivity index is 1.15. The van der Waals surface area contributed by atoms with Crippen LogP contribution in [-0.2, 0) is 17.6 Å². The van der Waals surface area contributed by atoms with Crippen LogP contribution in [0.2, 0.25) is 0 Å². The summed E-state index contributed by atoms with van der Waals surface area (Å²) < 4.78 is 6.33. The van der Waals surface area contributed by atoms with Crippen LogP contribution in [0.4, 0.5) is 5.69 Å². The van der Waals surface area contributed by atoms with Gasteiger partial charge in [-0.15, -0.1) is 4.73 Å². The maximum atomic E-state index is 12.7. The first kappa shape index (κ1) is 23.8. The SMILES string of the molecule is O=C(CCCCCNC(=O)c1cc2cc3c4c(c2oc1=O)CCCN4CCC3)On1c(O)ccc1O. The standard InChI is InChI=1S/C26H29N3O7/c30-20-9-10-21(31)29(20)36-22(32)8-2-1-3-11-27-25(33)19-15-17-14-16-6-4-12-28-13-5-7-18(23(16)28)24(17)35-26(19)34/h9-10,14-15,30-31H,1-8,11-13H2,(H,27,33). The summed E-state index contributed by atoms with van der Waals surface area (Å²) in [6, 6.07) is 6.11. The summed E-state index contributed by atoms with van der Waals surface area (Å²) in [5.41, 5.74) is 3.50. The second kappa shape index (κ2) is 9.96. The van der Waals surface area contributed by atoms with Gasteiger partial charge < -0.3 is 29.7 Å². The number of aryl methyl sites for hydroxylation is 2. The summed E-state index contributed by atoms with van der Waals surface area (Å²) in [5.74, 6) is -1.82. The number of unbranched alkanes of at least 4 members (excludes halogenated alkanes) is 2. The molecule has 36 heavy (non-hydrogen) atoms. The van der Waals surface area contributed by atoms with Crippen molar-refractivity contribution in [1.82, 2.24) is 10.0 Å². The van der Waals surface area contributed by atoms with E-state index in [9.17, 15) is 24.6 Å². The molecule has 0 aliphatic carbocycles. The number of anilines is 1. The maximum absolute atomic E-state index is 12.7. The minimum Gasteiger partial charge on any atom is -0.492 e. The Bertz CT molecular complexity index is 1350. The Morgan fingerprint density at radius 2 is 1.78 bits per heavy atom. The second-order valence-corrected chi connectivity index (χ2v) is 9.30. The smallest absolute Gasteiger partial charge is 0.349 e. The zero-order valence-electron chi connectivity index (χ0n) is 19.9. The molecule has 0 atom stereocenters. The van der Waals surface area contributed by atoms with Crippen LogP contribution in [-0.4, -0.2) is 46.5 Å². The minimum absolute atomic E-state index is 0.00644. The highest BCUT2D eigenvalue weighted by Gasteiger charge is 2.27. The number of carbonyl (C=O) groups excluding carboxylic acids is 2. The predicted molar refractivity (Wildman–Crippen MR) is 131 cm³/mol. The number of rotatable bonds is 8. The van der Waals surface area contributed by atoms with Gasteiger partial charge in [0, 0.05) is 54.8 Å². The van der Waals surface area contributed by atoms with Crippen LogP contribution < -0.4 is 20.7 Å². The normalized spacial score (nSPS) is 14.5. The maximum Gasteiger partial charge on any atom is 0.349 e. The molecular formula is C26H29N3O7. The summed E-state index contributed by atoms with van der Waals surface area (Å²) in [5, 5.41) is 22.5.